The van der Waals surface area contributed by atoms with E-state index in [1.54, 1.807) is 60.7 Å². The highest BCUT2D eigenvalue weighted by atomic mass is 16.2. The van der Waals surface area contributed by atoms with E-state index in [2.05, 4.69) is 16.0 Å². The Morgan fingerprint density at radius 1 is 0.676 bits per heavy atom. The number of carbonyl (C=O) groups excluding carboxylic acids is 3. The van der Waals surface area contributed by atoms with Crippen molar-refractivity contribution < 1.29 is 14.4 Å². The molecule has 1 saturated heterocycles. The number of hydrogen-bond acceptors (Lipinski definition) is 4. The van der Waals surface area contributed by atoms with Crippen LogP contribution in [-0.2, 0) is 4.79 Å². The predicted octanol–water partition coefficient (Wildman–Crippen LogP) is 4.62. The number of rotatable bonds is 7. The van der Waals surface area contributed by atoms with Crippen LogP contribution in [0.15, 0.2) is 78.9 Å². The fourth-order valence-electron chi connectivity index (χ4n) is 3.90. The fraction of sp³-hybridized carbons (Fsp3) is 0.222. The van der Waals surface area contributed by atoms with Gasteiger partial charge in [0.05, 0.1) is 6.54 Å². The van der Waals surface area contributed by atoms with Gasteiger partial charge in [-0.2, -0.15) is 0 Å². The van der Waals surface area contributed by atoms with Gasteiger partial charge in [-0.15, -0.1) is 0 Å². The zero-order valence-corrected chi connectivity index (χ0v) is 18.9. The van der Waals surface area contributed by atoms with Crippen molar-refractivity contribution in [2.24, 2.45) is 0 Å². The zero-order valence-electron chi connectivity index (χ0n) is 18.9. The highest BCUT2D eigenvalue weighted by molar-refractivity contribution is 6.04. The molecule has 1 heterocycles. The van der Waals surface area contributed by atoms with Gasteiger partial charge in [-0.1, -0.05) is 30.3 Å². The highest BCUT2D eigenvalue weighted by Gasteiger charge is 2.18. The maximum Gasteiger partial charge on any atom is 0.255 e. The van der Waals surface area contributed by atoms with Gasteiger partial charge in [0.2, 0.25) is 5.91 Å². The van der Waals surface area contributed by atoms with Crippen molar-refractivity contribution in [1.82, 2.24) is 4.90 Å². The van der Waals surface area contributed by atoms with E-state index in [0.29, 0.717) is 28.2 Å². The molecule has 1 fully saturated rings. The summed E-state index contributed by atoms with van der Waals surface area (Å²) in [7, 11) is 0. The first-order chi connectivity index (χ1) is 16.6. The number of likely N-dealkylation sites (tertiary alicyclic amines) is 1. The smallest absolute Gasteiger partial charge is 0.255 e. The summed E-state index contributed by atoms with van der Waals surface area (Å²) in [5.41, 5.74) is 3.05. The molecule has 34 heavy (non-hydrogen) atoms. The number of nitrogens with zero attached hydrogens (tertiary/aromatic N) is 1. The van der Waals surface area contributed by atoms with Crippen LogP contribution in [0.25, 0.3) is 0 Å². The van der Waals surface area contributed by atoms with Gasteiger partial charge in [0.1, 0.15) is 0 Å². The number of benzene rings is 3. The third-order valence-corrected chi connectivity index (χ3v) is 5.65. The molecule has 3 aromatic rings. The van der Waals surface area contributed by atoms with Crippen molar-refractivity contribution in [3.63, 3.8) is 0 Å². The van der Waals surface area contributed by atoms with Gasteiger partial charge in [-0.25, -0.2) is 0 Å². The minimum atomic E-state index is -0.237. The summed E-state index contributed by atoms with van der Waals surface area (Å²) in [6.07, 6.45) is 3.25. The summed E-state index contributed by atoms with van der Waals surface area (Å²) in [4.78, 5) is 39.4. The average Bonchev–Trinajstić information content (AvgIpc) is 2.88. The van der Waals surface area contributed by atoms with Crippen molar-refractivity contribution in [1.29, 1.82) is 0 Å². The lowest BCUT2D eigenvalue weighted by molar-refractivity contribution is -0.114. The Balaban J connectivity index is 1.31. The lowest BCUT2D eigenvalue weighted by Crippen LogP contribution is -2.35. The van der Waals surface area contributed by atoms with Crippen molar-refractivity contribution in [3.8, 4) is 0 Å². The van der Waals surface area contributed by atoms with Gasteiger partial charge in [-0.3, -0.25) is 14.4 Å². The number of hydrogen-bond donors (Lipinski definition) is 3. The topological polar surface area (TPSA) is 90.5 Å². The van der Waals surface area contributed by atoms with E-state index in [9.17, 15) is 14.4 Å². The van der Waals surface area contributed by atoms with E-state index >= 15 is 0 Å². The van der Waals surface area contributed by atoms with Crippen LogP contribution in [-0.4, -0.2) is 42.3 Å². The standard InChI is InChI=1S/C27H28N4O3/c32-25(19-28-22-12-7-11-21(17-22)27(34)31-15-5-2-6-16-31)29-23-13-8-14-24(18-23)30-26(33)20-9-3-1-4-10-20/h1,3-4,7-14,17-18,28H,2,5-6,15-16,19H2,(H,29,32)(H,30,33). The highest BCUT2D eigenvalue weighted by Crippen LogP contribution is 2.18. The quantitative estimate of drug-likeness (QED) is 0.484. The first kappa shape index (κ1) is 23.0. The summed E-state index contributed by atoms with van der Waals surface area (Å²) in [6, 6.07) is 23.2. The van der Waals surface area contributed by atoms with Crippen LogP contribution in [0.2, 0.25) is 0 Å². The molecule has 7 nitrogen and oxygen atoms in total. The minimum absolute atomic E-state index is 0.0298. The van der Waals surface area contributed by atoms with Gasteiger partial charge in [-0.05, 0) is 67.8 Å². The number of anilines is 3. The molecule has 3 N–H and O–H groups in total. The number of carbonyl (C=O) groups is 3. The molecule has 0 bridgehead atoms. The molecule has 0 aliphatic carbocycles. The third kappa shape index (κ3) is 6.22. The Hall–Kier alpha value is -4.13. The van der Waals surface area contributed by atoms with Gasteiger partial charge in [0.25, 0.3) is 11.8 Å². The second kappa shape index (κ2) is 11.1. The van der Waals surface area contributed by atoms with E-state index in [1.807, 2.05) is 23.1 Å². The minimum Gasteiger partial charge on any atom is -0.376 e. The Bertz CT molecular complexity index is 1160. The SMILES string of the molecule is O=C(CNc1cccc(C(=O)N2CCCCC2)c1)Nc1cccc(NC(=O)c2ccccc2)c1. The average molecular weight is 457 g/mol. The van der Waals surface area contributed by atoms with Gasteiger partial charge < -0.3 is 20.9 Å². The maximum absolute atomic E-state index is 12.7. The molecule has 1 aliphatic heterocycles. The van der Waals surface area contributed by atoms with E-state index in [-0.39, 0.29) is 24.3 Å². The van der Waals surface area contributed by atoms with Crippen LogP contribution in [0, 0.1) is 0 Å². The zero-order chi connectivity index (χ0) is 23.8. The molecule has 0 atom stereocenters. The van der Waals surface area contributed by atoms with Crippen LogP contribution in [0.4, 0.5) is 17.1 Å². The summed E-state index contributed by atoms with van der Waals surface area (Å²) < 4.78 is 0. The molecule has 174 valence electrons. The Kier molecular flexibility index (Phi) is 7.55. The van der Waals surface area contributed by atoms with Crippen molar-refractivity contribution >= 4 is 34.8 Å². The van der Waals surface area contributed by atoms with Crippen molar-refractivity contribution in [3.05, 3.63) is 90.0 Å². The van der Waals surface area contributed by atoms with Crippen LogP contribution >= 0.6 is 0 Å². The lowest BCUT2D eigenvalue weighted by atomic mass is 10.1. The summed E-state index contributed by atoms with van der Waals surface area (Å²) in [5.74, 6) is -0.425. The lowest BCUT2D eigenvalue weighted by Gasteiger charge is -2.26. The third-order valence-electron chi connectivity index (χ3n) is 5.65. The molecule has 3 amide bonds. The molecule has 3 aromatic carbocycles. The second-order valence-corrected chi connectivity index (χ2v) is 8.24. The first-order valence-corrected chi connectivity index (χ1v) is 11.5. The molecule has 4 rings (SSSR count). The van der Waals surface area contributed by atoms with Crippen LogP contribution in [0.1, 0.15) is 40.0 Å². The van der Waals surface area contributed by atoms with Crippen molar-refractivity contribution in [2.45, 2.75) is 19.3 Å². The number of piperidine rings is 1. The fourth-order valence-corrected chi connectivity index (χ4v) is 3.90. The monoisotopic (exact) mass is 456 g/mol. The molecular weight excluding hydrogens is 428 g/mol. The maximum atomic E-state index is 12.7. The second-order valence-electron chi connectivity index (χ2n) is 8.24. The number of amides is 3. The summed E-state index contributed by atoms with van der Waals surface area (Å²) >= 11 is 0. The number of nitrogens with one attached hydrogen (secondary N) is 3. The normalized spacial score (nSPS) is 13.1. The Morgan fingerprint density at radius 2 is 1.32 bits per heavy atom. The largest absolute Gasteiger partial charge is 0.376 e. The Morgan fingerprint density at radius 3 is 2.09 bits per heavy atom. The van der Waals surface area contributed by atoms with Crippen LogP contribution < -0.4 is 16.0 Å². The van der Waals surface area contributed by atoms with E-state index in [4.69, 9.17) is 0 Å². The van der Waals surface area contributed by atoms with Crippen molar-refractivity contribution in [2.75, 3.05) is 35.6 Å². The van der Waals surface area contributed by atoms with Gasteiger partial charge >= 0.3 is 0 Å². The molecule has 0 radical (unpaired) electrons. The predicted molar refractivity (Wildman–Crippen MR) is 134 cm³/mol. The summed E-state index contributed by atoms with van der Waals surface area (Å²) in [6.45, 7) is 1.63. The van der Waals surface area contributed by atoms with E-state index in [0.717, 1.165) is 25.9 Å². The Labute approximate surface area is 199 Å². The van der Waals surface area contributed by atoms with E-state index in [1.165, 1.54) is 6.42 Å². The molecule has 0 unspecified atom stereocenters. The molecule has 0 aromatic heterocycles. The molecular formula is C27H28N4O3. The van der Waals surface area contributed by atoms with Gasteiger partial charge in [0.15, 0.2) is 0 Å². The summed E-state index contributed by atoms with van der Waals surface area (Å²) in [5, 5.41) is 8.74. The molecule has 7 heteroatoms. The first-order valence-electron chi connectivity index (χ1n) is 11.5. The van der Waals surface area contributed by atoms with Gasteiger partial charge in [0, 0.05) is 41.3 Å². The van der Waals surface area contributed by atoms with Crippen LogP contribution in [0.3, 0.4) is 0 Å². The molecule has 1 aliphatic rings. The van der Waals surface area contributed by atoms with Crippen LogP contribution in [0.5, 0.6) is 0 Å². The molecule has 0 saturated carbocycles. The molecule has 0 spiro atoms. The van der Waals surface area contributed by atoms with E-state index < -0.39 is 0 Å².